The lowest BCUT2D eigenvalue weighted by Crippen LogP contribution is -2.44. The highest BCUT2D eigenvalue weighted by atomic mass is 32.2. The van der Waals surface area contributed by atoms with Crippen LogP contribution in [0.3, 0.4) is 0 Å². The molecule has 19 heavy (non-hydrogen) atoms. The third kappa shape index (κ3) is 3.64. The summed E-state index contributed by atoms with van der Waals surface area (Å²) in [5, 5.41) is -0.292. The second kappa shape index (κ2) is 6.47. The van der Waals surface area contributed by atoms with Crippen LogP contribution in [0, 0.1) is 0 Å². The number of hydrogen-bond donors (Lipinski definition) is 0. The Morgan fingerprint density at radius 1 is 1.58 bits per heavy atom. The van der Waals surface area contributed by atoms with E-state index < -0.39 is 0 Å². The van der Waals surface area contributed by atoms with Crippen molar-refractivity contribution < 1.29 is 18.7 Å². The Kier molecular flexibility index (Phi) is 4.68. The van der Waals surface area contributed by atoms with Gasteiger partial charge in [0.25, 0.3) is 0 Å². The monoisotopic (exact) mass is 281 g/mol. The Morgan fingerprint density at radius 3 is 3.11 bits per heavy atom. The van der Waals surface area contributed by atoms with Crippen LogP contribution in [0.1, 0.15) is 5.76 Å². The van der Waals surface area contributed by atoms with Crippen LogP contribution in [0.25, 0.3) is 6.08 Å². The van der Waals surface area contributed by atoms with Gasteiger partial charge >= 0.3 is 5.97 Å². The summed E-state index contributed by atoms with van der Waals surface area (Å²) in [5.41, 5.74) is 0. The summed E-state index contributed by atoms with van der Waals surface area (Å²) >= 11 is 1.52. The van der Waals surface area contributed by atoms with Crippen molar-refractivity contribution in [2.75, 3.05) is 26.0 Å². The van der Waals surface area contributed by atoms with Gasteiger partial charge in [0.1, 0.15) is 11.0 Å². The SMILES string of the molecule is COC(=O)[C@@H]1CN(C(=O)/C=C/c2ccco2)CCS1. The molecule has 0 aromatic carbocycles. The number of ether oxygens (including phenoxy) is 1. The number of hydrogen-bond acceptors (Lipinski definition) is 5. The van der Waals surface area contributed by atoms with Gasteiger partial charge in [0.05, 0.1) is 13.4 Å². The number of esters is 1. The first-order valence-corrected chi connectivity index (χ1v) is 6.95. The van der Waals surface area contributed by atoms with Crippen LogP contribution in [0.2, 0.25) is 0 Å². The lowest BCUT2D eigenvalue weighted by atomic mass is 10.3. The van der Waals surface area contributed by atoms with Crippen LogP contribution in [0.5, 0.6) is 0 Å². The van der Waals surface area contributed by atoms with Crippen LogP contribution < -0.4 is 0 Å². The first-order chi connectivity index (χ1) is 9.20. The van der Waals surface area contributed by atoms with Gasteiger partial charge in [-0.3, -0.25) is 9.59 Å². The molecule has 0 unspecified atom stereocenters. The molecule has 0 spiro atoms. The van der Waals surface area contributed by atoms with E-state index in [1.165, 1.54) is 24.9 Å². The molecule has 6 heteroatoms. The number of furan rings is 1. The molecule has 2 rings (SSSR count). The number of carbonyl (C=O) groups excluding carboxylic acids is 2. The zero-order valence-corrected chi connectivity index (χ0v) is 11.4. The fourth-order valence-corrected chi connectivity index (χ4v) is 2.90. The molecule has 0 radical (unpaired) electrons. The molecule has 0 N–H and O–H groups in total. The molecule has 1 amide bonds. The predicted molar refractivity (Wildman–Crippen MR) is 72.6 cm³/mol. The van der Waals surface area contributed by atoms with E-state index in [1.54, 1.807) is 29.4 Å². The van der Waals surface area contributed by atoms with Crippen molar-refractivity contribution in [1.82, 2.24) is 4.90 Å². The van der Waals surface area contributed by atoms with Crippen LogP contribution in [0.4, 0.5) is 0 Å². The minimum absolute atomic E-state index is 0.120. The average molecular weight is 281 g/mol. The van der Waals surface area contributed by atoms with Crippen molar-refractivity contribution in [2.24, 2.45) is 0 Å². The molecular formula is C13H15NO4S. The van der Waals surface area contributed by atoms with Crippen molar-refractivity contribution in [3.63, 3.8) is 0 Å². The maximum atomic E-state index is 12.0. The van der Waals surface area contributed by atoms with Gasteiger partial charge in [0.2, 0.25) is 5.91 Å². The van der Waals surface area contributed by atoms with Crippen molar-refractivity contribution in [3.05, 3.63) is 30.2 Å². The Bertz CT molecular complexity index is 469. The third-order valence-electron chi connectivity index (χ3n) is 2.78. The number of methoxy groups -OCH3 is 1. The van der Waals surface area contributed by atoms with Gasteiger partial charge in [0, 0.05) is 24.9 Å². The van der Waals surface area contributed by atoms with E-state index in [0.717, 1.165) is 5.75 Å². The van der Waals surface area contributed by atoms with E-state index in [-0.39, 0.29) is 17.1 Å². The number of rotatable bonds is 3. The first-order valence-electron chi connectivity index (χ1n) is 5.90. The van der Waals surface area contributed by atoms with Crippen LogP contribution >= 0.6 is 11.8 Å². The lowest BCUT2D eigenvalue weighted by molar-refractivity contribution is -0.140. The van der Waals surface area contributed by atoms with Crippen LogP contribution in [0.15, 0.2) is 28.9 Å². The maximum absolute atomic E-state index is 12.0. The summed E-state index contributed by atoms with van der Waals surface area (Å²) in [6.45, 7) is 1.03. The van der Waals surface area contributed by atoms with Gasteiger partial charge in [-0.05, 0) is 18.2 Å². The van der Waals surface area contributed by atoms with Crippen molar-refractivity contribution >= 4 is 29.7 Å². The summed E-state index contributed by atoms with van der Waals surface area (Å²) < 4.78 is 9.82. The Balaban J connectivity index is 1.93. The van der Waals surface area contributed by atoms with Gasteiger partial charge in [-0.2, -0.15) is 0 Å². The van der Waals surface area contributed by atoms with Gasteiger partial charge in [-0.1, -0.05) is 0 Å². The summed E-state index contributed by atoms with van der Waals surface area (Å²) in [4.78, 5) is 25.1. The fourth-order valence-electron chi connectivity index (χ4n) is 1.77. The highest BCUT2D eigenvalue weighted by Gasteiger charge is 2.28. The molecule has 0 saturated carbocycles. The topological polar surface area (TPSA) is 59.8 Å². The highest BCUT2D eigenvalue weighted by molar-refractivity contribution is 8.00. The third-order valence-corrected chi connectivity index (χ3v) is 3.94. The summed E-state index contributed by atoms with van der Waals surface area (Å²) in [7, 11) is 1.36. The van der Waals surface area contributed by atoms with Gasteiger partial charge in [0.15, 0.2) is 0 Å². The zero-order valence-electron chi connectivity index (χ0n) is 10.6. The minimum Gasteiger partial charge on any atom is -0.468 e. The number of carbonyl (C=O) groups is 2. The minimum atomic E-state index is -0.292. The average Bonchev–Trinajstić information content (AvgIpc) is 2.97. The zero-order chi connectivity index (χ0) is 13.7. The Labute approximate surface area is 115 Å². The molecule has 0 aliphatic carbocycles. The van der Waals surface area contributed by atoms with E-state index in [9.17, 15) is 9.59 Å². The second-order valence-corrected chi connectivity index (χ2v) is 5.33. The molecule has 1 aromatic rings. The van der Waals surface area contributed by atoms with Crippen molar-refractivity contribution in [3.8, 4) is 0 Å². The van der Waals surface area contributed by atoms with Gasteiger partial charge in [-0.25, -0.2) is 0 Å². The Hall–Kier alpha value is -1.69. The van der Waals surface area contributed by atoms with Gasteiger partial charge in [-0.15, -0.1) is 11.8 Å². The second-order valence-electron chi connectivity index (χ2n) is 4.02. The lowest BCUT2D eigenvalue weighted by Gasteiger charge is -2.30. The highest BCUT2D eigenvalue weighted by Crippen LogP contribution is 2.20. The number of amides is 1. The molecule has 102 valence electrons. The quantitative estimate of drug-likeness (QED) is 0.619. The molecule has 5 nitrogen and oxygen atoms in total. The molecule has 1 saturated heterocycles. The van der Waals surface area contributed by atoms with Crippen LogP contribution in [-0.2, 0) is 14.3 Å². The van der Waals surface area contributed by atoms with E-state index in [1.807, 2.05) is 0 Å². The number of nitrogens with zero attached hydrogens (tertiary/aromatic N) is 1. The number of thioether (sulfide) groups is 1. The Morgan fingerprint density at radius 2 is 2.42 bits per heavy atom. The largest absolute Gasteiger partial charge is 0.468 e. The predicted octanol–water partition coefficient (Wildman–Crippen LogP) is 1.41. The summed E-state index contributed by atoms with van der Waals surface area (Å²) in [5.74, 6) is 0.965. The van der Waals surface area contributed by atoms with Crippen LogP contribution in [-0.4, -0.2) is 48.0 Å². The van der Waals surface area contributed by atoms with Gasteiger partial charge < -0.3 is 14.1 Å². The normalized spacial score (nSPS) is 19.6. The molecule has 1 fully saturated rings. The van der Waals surface area contributed by atoms with E-state index in [0.29, 0.717) is 18.8 Å². The first kappa shape index (κ1) is 13.7. The molecule has 1 aliphatic heterocycles. The molecule has 2 heterocycles. The smallest absolute Gasteiger partial charge is 0.320 e. The summed E-state index contributed by atoms with van der Waals surface area (Å²) in [6.07, 6.45) is 4.63. The van der Waals surface area contributed by atoms with E-state index >= 15 is 0 Å². The maximum Gasteiger partial charge on any atom is 0.320 e. The molecule has 1 aliphatic rings. The van der Waals surface area contributed by atoms with E-state index in [2.05, 4.69) is 0 Å². The molecule has 0 bridgehead atoms. The molecule has 1 atom stereocenters. The molecule has 1 aromatic heterocycles. The fraction of sp³-hybridized carbons (Fsp3) is 0.385. The van der Waals surface area contributed by atoms with Crippen molar-refractivity contribution in [2.45, 2.75) is 5.25 Å². The van der Waals surface area contributed by atoms with Crippen molar-refractivity contribution in [1.29, 1.82) is 0 Å². The standard InChI is InChI=1S/C13H15NO4S/c1-17-13(16)11-9-14(6-8-19-11)12(15)5-4-10-3-2-7-18-10/h2-5,7,11H,6,8-9H2,1H3/b5-4+/t11-/m0/s1. The summed E-state index contributed by atoms with van der Waals surface area (Å²) in [6, 6.07) is 3.53. The molecular weight excluding hydrogens is 266 g/mol. The van der Waals surface area contributed by atoms with E-state index in [4.69, 9.17) is 9.15 Å².